The fourth-order valence-corrected chi connectivity index (χ4v) is 1.65. The molecule has 0 spiro atoms. The second-order valence-electron chi connectivity index (χ2n) is 3.72. The van der Waals surface area contributed by atoms with Gasteiger partial charge in [-0.15, -0.1) is 0 Å². The molecule has 0 fully saturated rings. The van der Waals surface area contributed by atoms with Crippen LogP contribution in [0.25, 0.3) is 0 Å². The van der Waals surface area contributed by atoms with Crippen LogP contribution in [0.15, 0.2) is 36.7 Å². The summed E-state index contributed by atoms with van der Waals surface area (Å²) in [5, 5.41) is 12.0. The van der Waals surface area contributed by atoms with E-state index in [0.29, 0.717) is 12.2 Å². The van der Waals surface area contributed by atoms with Crippen molar-refractivity contribution >= 4 is 5.82 Å². The summed E-state index contributed by atoms with van der Waals surface area (Å²) in [6.07, 6.45) is 3.73. The molecule has 2 aromatic heterocycles. The number of rotatable bonds is 4. The van der Waals surface area contributed by atoms with Crippen molar-refractivity contribution in [2.75, 3.05) is 11.9 Å². The van der Waals surface area contributed by atoms with Crippen LogP contribution in [0.2, 0.25) is 0 Å². The van der Waals surface area contributed by atoms with Gasteiger partial charge in [-0.3, -0.25) is 0 Å². The van der Waals surface area contributed by atoms with Crippen molar-refractivity contribution < 1.29 is 0 Å². The highest BCUT2D eigenvalue weighted by Crippen LogP contribution is 2.09. The van der Waals surface area contributed by atoms with Gasteiger partial charge in [-0.2, -0.15) is 5.26 Å². The maximum Gasteiger partial charge on any atom is 0.125 e. The number of hydrogen-bond donors (Lipinski definition) is 1. The van der Waals surface area contributed by atoms with E-state index in [-0.39, 0.29) is 0 Å². The topological polar surface area (TPSA) is 53.6 Å². The summed E-state index contributed by atoms with van der Waals surface area (Å²) in [4.78, 5) is 4.30. The average molecular weight is 226 g/mol. The molecule has 0 saturated heterocycles. The van der Waals surface area contributed by atoms with Crippen molar-refractivity contribution in [1.29, 1.82) is 5.26 Å². The molecular weight excluding hydrogens is 212 g/mol. The highest BCUT2D eigenvalue weighted by Gasteiger charge is 2.01. The Hall–Kier alpha value is -2.28. The Morgan fingerprint density at radius 1 is 1.41 bits per heavy atom. The molecule has 1 N–H and O–H groups in total. The van der Waals surface area contributed by atoms with Gasteiger partial charge in [0.25, 0.3) is 0 Å². The molecule has 86 valence electrons. The Morgan fingerprint density at radius 2 is 2.29 bits per heavy atom. The molecule has 4 heteroatoms. The summed E-state index contributed by atoms with van der Waals surface area (Å²) >= 11 is 0. The fraction of sp³-hybridized carbons (Fsp3) is 0.231. The minimum Gasteiger partial charge on any atom is -0.370 e. The van der Waals surface area contributed by atoms with Gasteiger partial charge in [0, 0.05) is 25.5 Å². The van der Waals surface area contributed by atoms with E-state index in [2.05, 4.69) is 16.4 Å². The lowest BCUT2D eigenvalue weighted by atomic mass is 10.2. The van der Waals surface area contributed by atoms with Gasteiger partial charge in [0.2, 0.25) is 0 Å². The van der Waals surface area contributed by atoms with Crippen molar-refractivity contribution in [3.8, 4) is 6.07 Å². The molecule has 0 radical (unpaired) electrons. The van der Waals surface area contributed by atoms with Gasteiger partial charge in [0.05, 0.1) is 0 Å². The predicted molar refractivity (Wildman–Crippen MR) is 66.6 cm³/mol. The zero-order valence-corrected chi connectivity index (χ0v) is 9.72. The largest absolute Gasteiger partial charge is 0.370 e. The molecule has 4 nitrogen and oxygen atoms in total. The summed E-state index contributed by atoms with van der Waals surface area (Å²) in [6, 6.07) is 9.81. The van der Waals surface area contributed by atoms with Crippen LogP contribution in [0.1, 0.15) is 18.2 Å². The number of nitrogens with one attached hydrogen (secondary N) is 1. The summed E-state index contributed by atoms with van der Waals surface area (Å²) < 4.78 is 1.91. The maximum atomic E-state index is 8.90. The number of aromatic nitrogens is 2. The zero-order valence-electron chi connectivity index (χ0n) is 9.72. The molecule has 0 bridgehead atoms. The van der Waals surface area contributed by atoms with Crippen molar-refractivity contribution in [2.45, 2.75) is 13.5 Å². The molecular formula is C13H14N4. The van der Waals surface area contributed by atoms with E-state index in [0.717, 1.165) is 17.9 Å². The Bertz CT molecular complexity index is 519. The van der Waals surface area contributed by atoms with E-state index in [9.17, 15) is 0 Å². The Kier molecular flexibility index (Phi) is 3.41. The van der Waals surface area contributed by atoms with Crippen molar-refractivity contribution in [2.24, 2.45) is 0 Å². The quantitative estimate of drug-likeness (QED) is 0.869. The highest BCUT2D eigenvalue weighted by atomic mass is 15.0. The van der Waals surface area contributed by atoms with Gasteiger partial charge in [0.15, 0.2) is 0 Å². The molecule has 17 heavy (non-hydrogen) atoms. The number of hydrogen-bond acceptors (Lipinski definition) is 3. The average Bonchev–Trinajstić information content (AvgIpc) is 2.79. The standard InChI is InChI=1S/C13H14N4/c1-2-15-13-6-5-11(9-16-13)10-17-7-3-4-12(17)8-14/h3-7,9H,2,10H2,1H3,(H,15,16). The lowest BCUT2D eigenvalue weighted by molar-refractivity contribution is 0.790. The van der Waals surface area contributed by atoms with Crippen molar-refractivity contribution in [3.63, 3.8) is 0 Å². The van der Waals surface area contributed by atoms with E-state index >= 15 is 0 Å². The van der Waals surface area contributed by atoms with Gasteiger partial charge in [-0.1, -0.05) is 6.07 Å². The minimum atomic E-state index is 0.667. The lowest BCUT2D eigenvalue weighted by Gasteiger charge is -2.06. The first-order valence-electron chi connectivity index (χ1n) is 5.57. The molecule has 2 aromatic rings. The van der Waals surface area contributed by atoms with E-state index in [1.807, 2.05) is 42.1 Å². The Balaban J connectivity index is 2.12. The van der Waals surface area contributed by atoms with Crippen LogP contribution >= 0.6 is 0 Å². The van der Waals surface area contributed by atoms with Crippen LogP contribution in [-0.4, -0.2) is 16.1 Å². The molecule has 0 aliphatic rings. The van der Waals surface area contributed by atoms with Crippen LogP contribution in [0.5, 0.6) is 0 Å². The number of nitriles is 1. The summed E-state index contributed by atoms with van der Waals surface area (Å²) in [6.45, 7) is 3.58. The lowest BCUT2D eigenvalue weighted by Crippen LogP contribution is -2.03. The van der Waals surface area contributed by atoms with Gasteiger partial charge in [0.1, 0.15) is 17.6 Å². The molecule has 0 unspecified atom stereocenters. The first kappa shape index (κ1) is 11.2. The molecule has 0 aliphatic carbocycles. The fourth-order valence-electron chi connectivity index (χ4n) is 1.65. The predicted octanol–water partition coefficient (Wildman–Crippen LogP) is 2.23. The second-order valence-corrected chi connectivity index (χ2v) is 3.72. The third kappa shape index (κ3) is 2.64. The molecule has 0 saturated carbocycles. The summed E-state index contributed by atoms with van der Waals surface area (Å²) in [7, 11) is 0. The Labute approximate surface area is 101 Å². The third-order valence-corrected chi connectivity index (χ3v) is 2.48. The van der Waals surface area contributed by atoms with Gasteiger partial charge < -0.3 is 9.88 Å². The highest BCUT2D eigenvalue weighted by molar-refractivity contribution is 5.35. The third-order valence-electron chi connectivity index (χ3n) is 2.48. The minimum absolute atomic E-state index is 0.667. The molecule has 0 atom stereocenters. The van der Waals surface area contributed by atoms with Crippen molar-refractivity contribution in [1.82, 2.24) is 9.55 Å². The summed E-state index contributed by atoms with van der Waals surface area (Å²) in [5.41, 5.74) is 1.75. The van der Waals surface area contributed by atoms with Gasteiger partial charge in [-0.05, 0) is 30.7 Å². The first-order valence-corrected chi connectivity index (χ1v) is 5.57. The molecule has 2 rings (SSSR count). The van der Waals surface area contributed by atoms with Gasteiger partial charge in [-0.25, -0.2) is 4.98 Å². The van der Waals surface area contributed by atoms with E-state index in [1.165, 1.54) is 0 Å². The van der Waals surface area contributed by atoms with Crippen LogP contribution in [-0.2, 0) is 6.54 Å². The number of pyridine rings is 1. The summed E-state index contributed by atoms with van der Waals surface area (Å²) in [5.74, 6) is 0.879. The molecule has 0 amide bonds. The van der Waals surface area contributed by atoms with Gasteiger partial charge >= 0.3 is 0 Å². The first-order chi connectivity index (χ1) is 8.33. The SMILES string of the molecule is CCNc1ccc(Cn2cccc2C#N)cn1. The van der Waals surface area contributed by atoms with E-state index < -0.39 is 0 Å². The van der Waals surface area contributed by atoms with Crippen LogP contribution in [0.3, 0.4) is 0 Å². The molecule has 0 aromatic carbocycles. The number of nitrogens with zero attached hydrogens (tertiary/aromatic N) is 3. The van der Waals surface area contributed by atoms with Crippen LogP contribution in [0, 0.1) is 11.3 Å². The number of anilines is 1. The van der Waals surface area contributed by atoms with Crippen LogP contribution in [0.4, 0.5) is 5.82 Å². The monoisotopic (exact) mass is 226 g/mol. The van der Waals surface area contributed by atoms with E-state index in [4.69, 9.17) is 5.26 Å². The molecule has 0 aliphatic heterocycles. The smallest absolute Gasteiger partial charge is 0.125 e. The van der Waals surface area contributed by atoms with Crippen molar-refractivity contribution in [3.05, 3.63) is 47.9 Å². The molecule has 2 heterocycles. The maximum absolute atomic E-state index is 8.90. The normalized spacial score (nSPS) is 9.88. The van der Waals surface area contributed by atoms with Crippen LogP contribution < -0.4 is 5.32 Å². The van der Waals surface area contributed by atoms with E-state index in [1.54, 1.807) is 6.07 Å². The zero-order chi connectivity index (χ0) is 12.1. The second kappa shape index (κ2) is 5.17. The Morgan fingerprint density at radius 3 is 2.94 bits per heavy atom.